The van der Waals surface area contributed by atoms with Crippen molar-refractivity contribution in [1.82, 2.24) is 9.29 Å². The minimum absolute atomic E-state index is 0.152. The summed E-state index contributed by atoms with van der Waals surface area (Å²) < 4.78 is 27.1. The molecule has 20 heavy (non-hydrogen) atoms. The summed E-state index contributed by atoms with van der Waals surface area (Å²) in [5, 5.41) is 0. The highest BCUT2D eigenvalue weighted by molar-refractivity contribution is 7.91. The Balaban J connectivity index is 2.33. The van der Waals surface area contributed by atoms with E-state index in [4.69, 9.17) is 11.6 Å². The van der Waals surface area contributed by atoms with Gasteiger partial charge in [0.25, 0.3) is 10.0 Å². The normalized spacial score (nSPS) is 12.2. The fourth-order valence-electron chi connectivity index (χ4n) is 1.78. The van der Waals surface area contributed by atoms with Gasteiger partial charge in [0, 0.05) is 12.6 Å². The van der Waals surface area contributed by atoms with Gasteiger partial charge >= 0.3 is 0 Å². The number of rotatable bonds is 5. The van der Waals surface area contributed by atoms with E-state index in [1.165, 1.54) is 10.5 Å². The van der Waals surface area contributed by atoms with Crippen LogP contribution in [0.25, 0.3) is 0 Å². The molecule has 1 aromatic carbocycles. The van der Waals surface area contributed by atoms with Crippen LogP contribution in [0.3, 0.4) is 0 Å². The Morgan fingerprint density at radius 1 is 1.30 bits per heavy atom. The molecule has 0 amide bonds. The summed E-state index contributed by atoms with van der Waals surface area (Å²) in [6.45, 7) is 4.03. The monoisotopic (exact) mass is 330 g/mol. The highest BCUT2D eigenvalue weighted by Crippen LogP contribution is 2.27. The Kier molecular flexibility index (Phi) is 4.80. The Hall–Kier alpha value is -0.950. The number of sulfonamides is 1. The van der Waals surface area contributed by atoms with Gasteiger partial charge in [-0.2, -0.15) is 4.31 Å². The fraction of sp³-hybridized carbons (Fsp3) is 0.308. The van der Waals surface area contributed by atoms with Crippen LogP contribution in [0.4, 0.5) is 0 Å². The topological polar surface area (TPSA) is 50.3 Å². The zero-order valence-corrected chi connectivity index (χ0v) is 13.5. The van der Waals surface area contributed by atoms with Crippen LogP contribution in [-0.4, -0.2) is 23.7 Å². The van der Waals surface area contributed by atoms with Crippen molar-refractivity contribution in [2.24, 2.45) is 0 Å². The number of benzene rings is 1. The molecule has 2 rings (SSSR count). The lowest BCUT2D eigenvalue weighted by molar-refractivity contribution is 0.349. The van der Waals surface area contributed by atoms with Crippen LogP contribution >= 0.6 is 22.9 Å². The first-order valence-corrected chi connectivity index (χ1v) is 8.72. The fourth-order valence-corrected chi connectivity index (χ4v) is 4.83. The zero-order chi connectivity index (χ0) is 14.8. The molecule has 1 heterocycles. The Labute approximate surface area is 128 Å². The molecule has 0 aliphatic rings. The molecule has 0 N–H and O–H groups in total. The number of nitrogens with zero attached hydrogens (tertiary/aromatic N) is 2. The number of aromatic nitrogens is 1. The van der Waals surface area contributed by atoms with Gasteiger partial charge in [-0.05, 0) is 19.4 Å². The molecular formula is C13H15ClN2O2S2. The van der Waals surface area contributed by atoms with Gasteiger partial charge < -0.3 is 0 Å². The highest BCUT2D eigenvalue weighted by Gasteiger charge is 2.29. The Morgan fingerprint density at radius 2 is 1.95 bits per heavy atom. The van der Waals surface area contributed by atoms with Crippen LogP contribution in [0.15, 0.2) is 40.7 Å². The van der Waals surface area contributed by atoms with Crippen molar-refractivity contribution in [2.45, 2.75) is 30.6 Å². The van der Waals surface area contributed by atoms with E-state index in [-0.39, 0.29) is 14.7 Å². The maximum Gasteiger partial charge on any atom is 0.254 e. The van der Waals surface area contributed by atoms with Gasteiger partial charge in [0.15, 0.2) is 8.68 Å². The Morgan fingerprint density at radius 3 is 2.45 bits per heavy atom. The molecular weight excluding hydrogens is 316 g/mol. The molecule has 2 aromatic rings. The van der Waals surface area contributed by atoms with Gasteiger partial charge in [0.1, 0.15) is 0 Å². The van der Waals surface area contributed by atoms with Gasteiger partial charge in [0.2, 0.25) is 0 Å². The van der Waals surface area contributed by atoms with Crippen molar-refractivity contribution < 1.29 is 8.42 Å². The molecule has 4 nitrogen and oxygen atoms in total. The van der Waals surface area contributed by atoms with Gasteiger partial charge in [0.05, 0.1) is 6.20 Å². The minimum Gasteiger partial charge on any atom is -0.232 e. The summed E-state index contributed by atoms with van der Waals surface area (Å²) in [6, 6.07) is 9.35. The SMILES string of the molecule is CC(C)N(Cc1ccccc1)S(=O)(=O)c1cnc(Cl)s1. The third-order valence-electron chi connectivity index (χ3n) is 2.78. The van der Waals surface area contributed by atoms with E-state index < -0.39 is 10.0 Å². The standard InChI is InChI=1S/C13H15ClN2O2S2/c1-10(2)16(9-11-6-4-3-5-7-11)20(17,18)12-8-15-13(14)19-12/h3-8,10H,9H2,1-2H3. The first kappa shape index (κ1) is 15.4. The van der Waals surface area contributed by atoms with Crippen LogP contribution in [0, 0.1) is 0 Å². The van der Waals surface area contributed by atoms with E-state index in [2.05, 4.69) is 4.98 Å². The molecule has 0 bridgehead atoms. The van der Waals surface area contributed by atoms with E-state index in [1.54, 1.807) is 0 Å². The zero-order valence-electron chi connectivity index (χ0n) is 11.2. The van der Waals surface area contributed by atoms with Gasteiger partial charge in [-0.25, -0.2) is 13.4 Å². The third-order valence-corrected chi connectivity index (χ3v) is 6.35. The Bertz CT molecular complexity index is 669. The lowest BCUT2D eigenvalue weighted by atomic mass is 10.2. The van der Waals surface area contributed by atoms with Crippen LogP contribution in [0.2, 0.25) is 4.47 Å². The highest BCUT2D eigenvalue weighted by atomic mass is 35.5. The molecule has 0 aliphatic carbocycles. The predicted octanol–water partition coefficient (Wildman–Crippen LogP) is 3.40. The van der Waals surface area contributed by atoms with E-state index in [1.807, 2.05) is 44.2 Å². The maximum atomic E-state index is 12.6. The molecule has 108 valence electrons. The summed E-state index contributed by atoms with van der Waals surface area (Å²) in [6.07, 6.45) is 1.31. The van der Waals surface area contributed by atoms with Crippen molar-refractivity contribution in [3.63, 3.8) is 0 Å². The van der Waals surface area contributed by atoms with E-state index in [9.17, 15) is 8.42 Å². The molecule has 0 atom stereocenters. The number of hydrogen-bond donors (Lipinski definition) is 0. The quantitative estimate of drug-likeness (QED) is 0.844. The van der Waals surface area contributed by atoms with Crippen molar-refractivity contribution in [3.8, 4) is 0 Å². The molecule has 7 heteroatoms. The average Bonchev–Trinajstić information content (AvgIpc) is 2.84. The first-order chi connectivity index (χ1) is 9.41. The van der Waals surface area contributed by atoms with Gasteiger partial charge in [-0.15, -0.1) is 0 Å². The van der Waals surface area contributed by atoms with Crippen LogP contribution in [0.5, 0.6) is 0 Å². The molecule has 0 aliphatic heterocycles. The van der Waals surface area contributed by atoms with Crippen LogP contribution in [-0.2, 0) is 16.6 Å². The molecule has 0 spiro atoms. The van der Waals surface area contributed by atoms with Gasteiger partial charge in [-0.3, -0.25) is 0 Å². The number of halogens is 1. The second-order valence-corrected chi connectivity index (χ2v) is 8.29. The van der Waals surface area contributed by atoms with Crippen LogP contribution in [0.1, 0.15) is 19.4 Å². The van der Waals surface area contributed by atoms with E-state index in [0.29, 0.717) is 6.54 Å². The summed E-state index contributed by atoms with van der Waals surface area (Å²) in [5.74, 6) is 0. The van der Waals surface area contributed by atoms with Crippen LogP contribution < -0.4 is 0 Å². The summed E-state index contributed by atoms with van der Waals surface area (Å²) >= 11 is 6.71. The van der Waals surface area contributed by atoms with Crippen molar-refractivity contribution in [2.75, 3.05) is 0 Å². The summed E-state index contributed by atoms with van der Waals surface area (Å²) in [7, 11) is -3.57. The van der Waals surface area contributed by atoms with E-state index >= 15 is 0 Å². The maximum absolute atomic E-state index is 12.6. The lowest BCUT2D eigenvalue weighted by Crippen LogP contribution is -2.36. The van der Waals surface area contributed by atoms with Crippen molar-refractivity contribution >= 4 is 33.0 Å². The third kappa shape index (κ3) is 3.38. The second kappa shape index (κ2) is 6.22. The lowest BCUT2D eigenvalue weighted by Gasteiger charge is -2.25. The summed E-state index contributed by atoms with van der Waals surface area (Å²) in [5.41, 5.74) is 0.945. The molecule has 0 saturated heterocycles. The average molecular weight is 331 g/mol. The number of thiazole rings is 1. The van der Waals surface area contributed by atoms with Crippen molar-refractivity contribution in [1.29, 1.82) is 0 Å². The predicted molar refractivity (Wildman–Crippen MR) is 81.4 cm³/mol. The molecule has 0 saturated carbocycles. The first-order valence-electron chi connectivity index (χ1n) is 6.08. The molecule has 1 aromatic heterocycles. The number of hydrogen-bond acceptors (Lipinski definition) is 4. The van der Waals surface area contributed by atoms with Gasteiger partial charge in [-0.1, -0.05) is 53.3 Å². The van der Waals surface area contributed by atoms with E-state index in [0.717, 1.165) is 16.9 Å². The second-order valence-electron chi connectivity index (χ2n) is 4.56. The summed E-state index contributed by atoms with van der Waals surface area (Å²) in [4.78, 5) is 3.81. The largest absolute Gasteiger partial charge is 0.254 e. The van der Waals surface area contributed by atoms with Crippen molar-refractivity contribution in [3.05, 3.63) is 46.6 Å². The molecule has 0 radical (unpaired) electrons. The molecule has 0 unspecified atom stereocenters. The molecule has 0 fully saturated rings. The minimum atomic E-state index is -3.57. The smallest absolute Gasteiger partial charge is 0.232 e.